The second-order valence-electron chi connectivity index (χ2n) is 3.32. The first kappa shape index (κ1) is 11.9. The van der Waals surface area contributed by atoms with Crippen LogP contribution < -0.4 is 10.5 Å². The van der Waals surface area contributed by atoms with Crippen LogP contribution in [-0.2, 0) is 0 Å². The molecule has 0 aromatic heterocycles. The lowest BCUT2D eigenvalue weighted by Gasteiger charge is -2.16. The molecule has 2 N–H and O–H groups in total. The van der Waals surface area contributed by atoms with Gasteiger partial charge in [-0.2, -0.15) is 4.39 Å². The summed E-state index contributed by atoms with van der Waals surface area (Å²) in [5.74, 6) is -1.93. The molecule has 0 spiro atoms. The van der Waals surface area contributed by atoms with Crippen LogP contribution in [0.1, 0.15) is 19.8 Å². The molecule has 0 radical (unpaired) electrons. The first-order valence-electron chi connectivity index (χ1n) is 4.99. The van der Waals surface area contributed by atoms with Crippen molar-refractivity contribution in [1.82, 2.24) is 0 Å². The van der Waals surface area contributed by atoms with E-state index in [4.69, 9.17) is 10.5 Å². The van der Waals surface area contributed by atoms with Crippen molar-refractivity contribution in [3.05, 3.63) is 29.8 Å². The van der Waals surface area contributed by atoms with E-state index >= 15 is 0 Å². The zero-order valence-electron chi connectivity index (χ0n) is 8.67. The van der Waals surface area contributed by atoms with Gasteiger partial charge in [-0.05, 0) is 18.6 Å². The van der Waals surface area contributed by atoms with E-state index in [0.717, 1.165) is 18.9 Å². The molecule has 0 saturated carbocycles. The number of benzene rings is 1. The summed E-state index contributed by atoms with van der Waals surface area (Å²) in [6.07, 6.45) is 1.36. The van der Waals surface area contributed by atoms with Gasteiger partial charge in [0.2, 0.25) is 5.82 Å². The van der Waals surface area contributed by atoms with Crippen LogP contribution in [0.2, 0.25) is 0 Å². The van der Waals surface area contributed by atoms with Gasteiger partial charge in [0.15, 0.2) is 11.6 Å². The highest BCUT2D eigenvalue weighted by atomic mass is 19.2. The Balaban J connectivity index is 2.74. The molecule has 1 rings (SSSR count). The predicted molar refractivity (Wildman–Crippen MR) is 54.7 cm³/mol. The van der Waals surface area contributed by atoms with Crippen molar-refractivity contribution >= 4 is 0 Å². The van der Waals surface area contributed by atoms with E-state index < -0.39 is 11.6 Å². The summed E-state index contributed by atoms with van der Waals surface area (Å²) >= 11 is 0. The minimum atomic E-state index is -0.952. The monoisotopic (exact) mass is 215 g/mol. The molecule has 0 heterocycles. The molecule has 4 heteroatoms. The molecule has 0 fully saturated rings. The number of rotatable bonds is 5. The third-order valence-corrected chi connectivity index (χ3v) is 2.08. The maximum absolute atomic E-state index is 13.2. The van der Waals surface area contributed by atoms with Gasteiger partial charge in [0, 0.05) is 6.54 Å². The van der Waals surface area contributed by atoms with E-state index in [1.165, 1.54) is 12.1 Å². The Morgan fingerprint density at radius 3 is 2.73 bits per heavy atom. The van der Waals surface area contributed by atoms with Gasteiger partial charge in [-0.1, -0.05) is 19.4 Å². The molecule has 84 valence electrons. The fourth-order valence-corrected chi connectivity index (χ4v) is 1.30. The Bertz CT molecular complexity index is 317. The average Bonchev–Trinajstić information content (AvgIpc) is 2.24. The summed E-state index contributed by atoms with van der Waals surface area (Å²) in [5.41, 5.74) is 5.45. The number of halogens is 2. The Morgan fingerprint density at radius 1 is 1.40 bits per heavy atom. The summed E-state index contributed by atoms with van der Waals surface area (Å²) < 4.78 is 31.3. The molecule has 1 atom stereocenters. The molecule has 0 saturated heterocycles. The van der Waals surface area contributed by atoms with Gasteiger partial charge in [-0.3, -0.25) is 0 Å². The maximum Gasteiger partial charge on any atom is 0.200 e. The van der Waals surface area contributed by atoms with Crippen LogP contribution in [0.3, 0.4) is 0 Å². The van der Waals surface area contributed by atoms with Gasteiger partial charge in [-0.25, -0.2) is 4.39 Å². The minimum absolute atomic E-state index is 0.0705. The largest absolute Gasteiger partial charge is 0.486 e. The fraction of sp³-hybridized carbons (Fsp3) is 0.455. The molecule has 0 aliphatic heterocycles. The molecule has 1 unspecified atom stereocenters. The maximum atomic E-state index is 13.2. The van der Waals surface area contributed by atoms with E-state index in [9.17, 15) is 8.78 Å². The van der Waals surface area contributed by atoms with Crippen LogP contribution in [0.25, 0.3) is 0 Å². The van der Waals surface area contributed by atoms with Crippen molar-refractivity contribution in [1.29, 1.82) is 0 Å². The molecule has 0 amide bonds. The SMILES string of the molecule is CCCC(CN)Oc1cccc(F)c1F. The lowest BCUT2D eigenvalue weighted by molar-refractivity contribution is 0.187. The van der Waals surface area contributed by atoms with Gasteiger partial charge < -0.3 is 10.5 Å². The standard InChI is InChI=1S/C11H15F2NO/c1-2-4-8(7-14)15-10-6-3-5-9(12)11(10)13/h3,5-6,8H,2,4,7,14H2,1H3. The number of ether oxygens (including phenoxy) is 1. The van der Waals surface area contributed by atoms with E-state index in [-0.39, 0.29) is 11.9 Å². The van der Waals surface area contributed by atoms with Gasteiger partial charge in [0.1, 0.15) is 6.10 Å². The fourth-order valence-electron chi connectivity index (χ4n) is 1.30. The minimum Gasteiger partial charge on any atom is -0.486 e. The van der Waals surface area contributed by atoms with Crippen LogP contribution in [0.15, 0.2) is 18.2 Å². The summed E-state index contributed by atoms with van der Waals surface area (Å²) in [6.45, 7) is 2.28. The Hall–Kier alpha value is -1.16. The summed E-state index contributed by atoms with van der Waals surface area (Å²) in [4.78, 5) is 0. The van der Waals surface area contributed by atoms with E-state index in [0.29, 0.717) is 6.54 Å². The Morgan fingerprint density at radius 2 is 2.13 bits per heavy atom. The normalized spacial score (nSPS) is 12.5. The quantitative estimate of drug-likeness (QED) is 0.818. The van der Waals surface area contributed by atoms with Crippen LogP contribution >= 0.6 is 0 Å². The molecular weight excluding hydrogens is 200 g/mol. The van der Waals surface area contributed by atoms with E-state index in [1.54, 1.807) is 0 Å². The Kier molecular flexibility index (Phi) is 4.49. The van der Waals surface area contributed by atoms with Crippen molar-refractivity contribution in [3.63, 3.8) is 0 Å². The number of nitrogens with two attached hydrogens (primary N) is 1. The van der Waals surface area contributed by atoms with Crippen LogP contribution in [0.5, 0.6) is 5.75 Å². The molecule has 1 aromatic rings. The van der Waals surface area contributed by atoms with E-state index in [1.807, 2.05) is 6.92 Å². The summed E-state index contributed by atoms with van der Waals surface area (Å²) in [6, 6.07) is 3.86. The molecule has 0 aliphatic rings. The first-order valence-corrected chi connectivity index (χ1v) is 4.99. The summed E-state index contributed by atoms with van der Waals surface area (Å²) in [5, 5.41) is 0. The molecule has 1 aromatic carbocycles. The highest BCUT2D eigenvalue weighted by Gasteiger charge is 2.13. The highest BCUT2D eigenvalue weighted by Crippen LogP contribution is 2.21. The summed E-state index contributed by atoms with van der Waals surface area (Å²) in [7, 11) is 0. The zero-order valence-corrected chi connectivity index (χ0v) is 8.67. The van der Waals surface area contributed by atoms with Gasteiger partial charge in [0.25, 0.3) is 0 Å². The van der Waals surface area contributed by atoms with Crippen LogP contribution in [0.4, 0.5) is 8.78 Å². The van der Waals surface area contributed by atoms with Crippen molar-refractivity contribution in [2.24, 2.45) is 5.73 Å². The predicted octanol–water partition coefficient (Wildman–Crippen LogP) is 2.47. The Labute approximate surface area is 88.0 Å². The van der Waals surface area contributed by atoms with Crippen molar-refractivity contribution in [2.45, 2.75) is 25.9 Å². The average molecular weight is 215 g/mol. The van der Waals surface area contributed by atoms with E-state index in [2.05, 4.69) is 0 Å². The highest BCUT2D eigenvalue weighted by molar-refractivity contribution is 5.25. The second kappa shape index (κ2) is 5.66. The van der Waals surface area contributed by atoms with Gasteiger partial charge >= 0.3 is 0 Å². The third-order valence-electron chi connectivity index (χ3n) is 2.08. The third kappa shape index (κ3) is 3.16. The van der Waals surface area contributed by atoms with Crippen LogP contribution in [-0.4, -0.2) is 12.6 Å². The smallest absolute Gasteiger partial charge is 0.200 e. The first-order chi connectivity index (χ1) is 7.19. The van der Waals surface area contributed by atoms with Crippen LogP contribution in [0, 0.1) is 11.6 Å². The zero-order chi connectivity index (χ0) is 11.3. The van der Waals surface area contributed by atoms with Crippen molar-refractivity contribution in [3.8, 4) is 5.75 Å². The van der Waals surface area contributed by atoms with Crippen molar-refractivity contribution in [2.75, 3.05) is 6.54 Å². The molecule has 2 nitrogen and oxygen atoms in total. The lowest BCUT2D eigenvalue weighted by Crippen LogP contribution is -2.26. The molecular formula is C11H15F2NO. The number of hydrogen-bond donors (Lipinski definition) is 1. The van der Waals surface area contributed by atoms with Crippen molar-refractivity contribution < 1.29 is 13.5 Å². The molecule has 0 aliphatic carbocycles. The topological polar surface area (TPSA) is 35.2 Å². The second-order valence-corrected chi connectivity index (χ2v) is 3.32. The number of hydrogen-bond acceptors (Lipinski definition) is 2. The van der Waals surface area contributed by atoms with Gasteiger partial charge in [-0.15, -0.1) is 0 Å². The lowest BCUT2D eigenvalue weighted by atomic mass is 10.2. The van der Waals surface area contributed by atoms with Gasteiger partial charge in [0.05, 0.1) is 0 Å². The molecule has 0 bridgehead atoms. The molecule has 15 heavy (non-hydrogen) atoms.